The molecule has 5 heteroatoms. The van der Waals surface area contributed by atoms with Gasteiger partial charge >= 0.3 is 0 Å². The van der Waals surface area contributed by atoms with Crippen LogP contribution in [-0.2, 0) is 4.74 Å². The Morgan fingerprint density at radius 2 is 2.11 bits per heavy atom. The minimum atomic E-state index is 0.194. The van der Waals surface area contributed by atoms with E-state index in [4.69, 9.17) is 4.74 Å². The highest BCUT2D eigenvalue weighted by molar-refractivity contribution is 5.58. The first kappa shape index (κ1) is 11.4. The van der Waals surface area contributed by atoms with E-state index in [1.807, 2.05) is 24.7 Å². The van der Waals surface area contributed by atoms with Crippen molar-refractivity contribution < 1.29 is 4.74 Å². The molecule has 0 aliphatic carbocycles. The van der Waals surface area contributed by atoms with Crippen LogP contribution in [0.3, 0.4) is 0 Å². The lowest BCUT2D eigenvalue weighted by atomic mass is 10.1. The van der Waals surface area contributed by atoms with Crippen LogP contribution in [0.5, 0.6) is 0 Å². The van der Waals surface area contributed by atoms with Crippen LogP contribution < -0.4 is 5.32 Å². The second-order valence-electron chi connectivity index (χ2n) is 4.42. The summed E-state index contributed by atoms with van der Waals surface area (Å²) in [5.41, 5.74) is 2.23. The molecule has 3 rings (SSSR count). The molecule has 3 heterocycles. The van der Waals surface area contributed by atoms with Gasteiger partial charge in [-0.3, -0.25) is 4.98 Å². The Hall–Kier alpha value is -1.72. The lowest BCUT2D eigenvalue weighted by Gasteiger charge is -2.20. The van der Waals surface area contributed by atoms with Crippen LogP contribution in [0.25, 0.3) is 11.3 Å². The zero-order chi connectivity index (χ0) is 12.4. The van der Waals surface area contributed by atoms with Crippen molar-refractivity contribution in [3.05, 3.63) is 37.1 Å². The van der Waals surface area contributed by atoms with Gasteiger partial charge < -0.3 is 14.6 Å². The van der Waals surface area contributed by atoms with Gasteiger partial charge in [0.1, 0.15) is 0 Å². The van der Waals surface area contributed by atoms with Gasteiger partial charge in [-0.05, 0) is 12.1 Å². The number of pyridine rings is 1. The van der Waals surface area contributed by atoms with Gasteiger partial charge in [-0.2, -0.15) is 0 Å². The van der Waals surface area contributed by atoms with Crippen molar-refractivity contribution >= 4 is 0 Å². The number of hydrogen-bond donors (Lipinski definition) is 1. The Morgan fingerprint density at radius 1 is 1.28 bits per heavy atom. The number of ether oxygens (including phenoxy) is 1. The van der Waals surface area contributed by atoms with Gasteiger partial charge in [0.2, 0.25) is 0 Å². The van der Waals surface area contributed by atoms with Crippen molar-refractivity contribution in [3.63, 3.8) is 0 Å². The predicted octanol–water partition coefficient (Wildman–Crippen LogP) is 1.10. The third kappa shape index (κ3) is 1.91. The Kier molecular flexibility index (Phi) is 3.08. The van der Waals surface area contributed by atoms with Gasteiger partial charge in [0.15, 0.2) is 0 Å². The van der Waals surface area contributed by atoms with E-state index in [0.29, 0.717) is 6.04 Å². The van der Waals surface area contributed by atoms with Crippen LogP contribution in [0, 0.1) is 0 Å². The fourth-order valence-electron chi connectivity index (χ4n) is 2.47. The number of nitrogens with zero attached hydrogens (tertiary/aromatic N) is 3. The largest absolute Gasteiger partial charge is 0.378 e. The Labute approximate surface area is 106 Å². The molecule has 0 amide bonds. The van der Waals surface area contributed by atoms with E-state index in [1.165, 1.54) is 0 Å². The molecule has 0 bridgehead atoms. The predicted molar refractivity (Wildman–Crippen MR) is 68.2 cm³/mol. The summed E-state index contributed by atoms with van der Waals surface area (Å²) in [7, 11) is 1.76. The number of hydrogen-bond acceptors (Lipinski definition) is 4. The minimum Gasteiger partial charge on any atom is -0.378 e. The molecule has 1 saturated heterocycles. The standard InChI is InChI=1S/C13H16N4O/c1-18-13-8-15-7-12(13)17-9-16-6-11(17)10-2-4-14-5-3-10/h2-6,9,12-13,15H,7-8H2,1H3/t12?,13-/m0/s1. The SMILES string of the molecule is CO[C@H]1CNCC1n1cncc1-c1ccncc1. The first-order chi connectivity index (χ1) is 8.90. The van der Waals surface area contributed by atoms with Crippen LogP contribution in [0.1, 0.15) is 6.04 Å². The Balaban J connectivity index is 1.97. The van der Waals surface area contributed by atoms with E-state index in [9.17, 15) is 0 Å². The van der Waals surface area contributed by atoms with Crippen molar-refractivity contribution in [1.82, 2.24) is 19.9 Å². The lowest BCUT2D eigenvalue weighted by molar-refractivity contribution is 0.0870. The maximum Gasteiger partial charge on any atom is 0.0954 e. The molecule has 0 aromatic carbocycles. The van der Waals surface area contributed by atoms with Gasteiger partial charge in [0, 0.05) is 38.2 Å². The number of methoxy groups -OCH3 is 1. The van der Waals surface area contributed by atoms with Gasteiger partial charge in [-0.25, -0.2) is 4.98 Å². The summed E-state index contributed by atoms with van der Waals surface area (Å²) in [4.78, 5) is 8.32. The molecule has 5 nitrogen and oxygen atoms in total. The quantitative estimate of drug-likeness (QED) is 0.878. The highest BCUT2D eigenvalue weighted by atomic mass is 16.5. The van der Waals surface area contributed by atoms with Crippen molar-refractivity contribution in [3.8, 4) is 11.3 Å². The molecule has 1 aliphatic rings. The molecule has 2 atom stereocenters. The molecule has 0 saturated carbocycles. The summed E-state index contributed by atoms with van der Waals surface area (Å²) >= 11 is 0. The second kappa shape index (κ2) is 4.88. The molecule has 1 N–H and O–H groups in total. The number of aromatic nitrogens is 3. The molecular formula is C13H16N4O. The van der Waals surface area contributed by atoms with Gasteiger partial charge in [-0.1, -0.05) is 0 Å². The van der Waals surface area contributed by atoms with Crippen LogP contribution in [0.4, 0.5) is 0 Å². The third-order valence-corrected chi connectivity index (χ3v) is 3.43. The summed E-state index contributed by atoms with van der Waals surface area (Å²) < 4.78 is 7.70. The van der Waals surface area contributed by atoms with Crippen molar-refractivity contribution in [1.29, 1.82) is 0 Å². The van der Waals surface area contributed by atoms with E-state index in [0.717, 1.165) is 24.3 Å². The fraction of sp³-hybridized carbons (Fsp3) is 0.385. The number of nitrogens with one attached hydrogen (secondary N) is 1. The molecule has 94 valence electrons. The normalized spacial score (nSPS) is 23.4. The highest BCUT2D eigenvalue weighted by Gasteiger charge is 2.29. The monoisotopic (exact) mass is 244 g/mol. The van der Waals surface area contributed by atoms with Crippen LogP contribution in [-0.4, -0.2) is 40.8 Å². The summed E-state index contributed by atoms with van der Waals surface area (Å²) in [6.07, 6.45) is 7.56. The second-order valence-corrected chi connectivity index (χ2v) is 4.42. The Morgan fingerprint density at radius 3 is 2.89 bits per heavy atom. The van der Waals surface area contributed by atoms with Gasteiger partial charge in [0.25, 0.3) is 0 Å². The van der Waals surface area contributed by atoms with Crippen LogP contribution >= 0.6 is 0 Å². The van der Waals surface area contributed by atoms with Gasteiger partial charge in [-0.15, -0.1) is 0 Å². The van der Waals surface area contributed by atoms with E-state index in [2.05, 4.69) is 19.9 Å². The van der Waals surface area contributed by atoms with Gasteiger partial charge in [0.05, 0.1) is 30.4 Å². The molecule has 2 aromatic rings. The molecule has 2 aromatic heterocycles. The van der Waals surface area contributed by atoms with Crippen molar-refractivity contribution in [2.24, 2.45) is 0 Å². The van der Waals surface area contributed by atoms with Crippen LogP contribution in [0.15, 0.2) is 37.1 Å². The van der Waals surface area contributed by atoms with E-state index < -0.39 is 0 Å². The van der Waals surface area contributed by atoms with E-state index >= 15 is 0 Å². The minimum absolute atomic E-state index is 0.194. The van der Waals surface area contributed by atoms with Crippen molar-refractivity contribution in [2.75, 3.05) is 20.2 Å². The van der Waals surface area contributed by atoms with E-state index in [-0.39, 0.29) is 6.10 Å². The molecular weight excluding hydrogens is 228 g/mol. The van der Waals surface area contributed by atoms with Crippen molar-refractivity contribution in [2.45, 2.75) is 12.1 Å². The topological polar surface area (TPSA) is 52.0 Å². The smallest absolute Gasteiger partial charge is 0.0954 e. The first-order valence-corrected chi connectivity index (χ1v) is 6.06. The van der Waals surface area contributed by atoms with E-state index in [1.54, 1.807) is 19.5 Å². The third-order valence-electron chi connectivity index (χ3n) is 3.43. The summed E-state index contributed by atoms with van der Waals surface area (Å²) in [5, 5.41) is 3.35. The molecule has 1 aliphatic heterocycles. The molecule has 18 heavy (non-hydrogen) atoms. The fourth-order valence-corrected chi connectivity index (χ4v) is 2.47. The molecule has 0 spiro atoms. The summed E-state index contributed by atoms with van der Waals surface area (Å²) in [5.74, 6) is 0. The zero-order valence-electron chi connectivity index (χ0n) is 10.3. The zero-order valence-corrected chi connectivity index (χ0v) is 10.3. The summed E-state index contributed by atoms with van der Waals surface area (Å²) in [6, 6.07) is 4.29. The highest BCUT2D eigenvalue weighted by Crippen LogP contribution is 2.26. The average molecular weight is 244 g/mol. The average Bonchev–Trinajstić information content (AvgIpc) is 3.07. The lowest BCUT2D eigenvalue weighted by Crippen LogP contribution is -2.24. The Bertz CT molecular complexity index is 511. The number of imidazole rings is 1. The molecule has 1 fully saturated rings. The number of rotatable bonds is 3. The summed E-state index contributed by atoms with van der Waals surface area (Å²) in [6.45, 7) is 1.79. The maximum atomic E-state index is 5.51. The maximum absolute atomic E-state index is 5.51. The molecule has 0 radical (unpaired) electrons. The molecule has 1 unspecified atom stereocenters. The van der Waals surface area contributed by atoms with Crippen LogP contribution in [0.2, 0.25) is 0 Å². The first-order valence-electron chi connectivity index (χ1n) is 6.06.